The highest BCUT2D eigenvalue weighted by molar-refractivity contribution is 5.77. The molecule has 0 radical (unpaired) electrons. The topological polar surface area (TPSA) is 67.3 Å². The van der Waals surface area contributed by atoms with Gasteiger partial charge < -0.3 is 15.0 Å². The number of rotatable bonds is 5. The van der Waals surface area contributed by atoms with E-state index in [1.54, 1.807) is 6.33 Å². The van der Waals surface area contributed by atoms with Crippen molar-refractivity contribution in [1.82, 2.24) is 15.3 Å². The van der Waals surface area contributed by atoms with Crippen LogP contribution in [0.2, 0.25) is 0 Å². The predicted molar refractivity (Wildman–Crippen MR) is 129 cm³/mol. The van der Waals surface area contributed by atoms with Crippen LogP contribution in [0.3, 0.4) is 0 Å². The minimum atomic E-state index is -0.373. The summed E-state index contributed by atoms with van der Waals surface area (Å²) >= 11 is 0. The average molecular weight is 443 g/mol. The number of nitrogens with zero attached hydrogens (tertiary/aromatic N) is 3. The third-order valence-electron chi connectivity index (χ3n) is 6.67. The number of esters is 1. The quantitative estimate of drug-likeness (QED) is 0.716. The highest BCUT2D eigenvalue weighted by Crippen LogP contribution is 2.35. The minimum absolute atomic E-state index is 0.212. The molecular formula is C27H30N4O2. The van der Waals surface area contributed by atoms with Gasteiger partial charge in [0.15, 0.2) is 0 Å². The van der Waals surface area contributed by atoms with Crippen molar-refractivity contribution in [2.75, 3.05) is 31.1 Å². The number of allylic oxidation sites excluding steroid dienone is 4. The van der Waals surface area contributed by atoms with Gasteiger partial charge in [-0.1, -0.05) is 60.7 Å². The van der Waals surface area contributed by atoms with E-state index >= 15 is 0 Å². The summed E-state index contributed by atoms with van der Waals surface area (Å²) in [5, 5.41) is 3.41. The van der Waals surface area contributed by atoms with Crippen LogP contribution in [0.1, 0.15) is 23.2 Å². The van der Waals surface area contributed by atoms with Gasteiger partial charge in [0.05, 0.1) is 5.92 Å². The van der Waals surface area contributed by atoms with E-state index < -0.39 is 0 Å². The molecule has 0 saturated carbocycles. The van der Waals surface area contributed by atoms with Crippen molar-refractivity contribution in [2.45, 2.75) is 25.9 Å². The first-order chi connectivity index (χ1) is 16.3. The molecule has 0 spiro atoms. The SMILES string of the molecule is O=C(OCc1ccccc1)C1C=CC=CC(C2CCc3c(ncnc3N3CCNCC3)C2)=C1. The Balaban J connectivity index is 1.29. The molecule has 2 aliphatic carbocycles. The van der Waals surface area contributed by atoms with Crippen molar-refractivity contribution in [3.63, 3.8) is 0 Å². The molecule has 0 bridgehead atoms. The van der Waals surface area contributed by atoms with Gasteiger partial charge in [-0.15, -0.1) is 0 Å². The molecule has 1 saturated heterocycles. The maximum Gasteiger partial charge on any atom is 0.317 e. The molecule has 2 heterocycles. The predicted octanol–water partition coefficient (Wildman–Crippen LogP) is 3.40. The van der Waals surface area contributed by atoms with Crippen LogP contribution >= 0.6 is 0 Å². The Labute approximate surface area is 195 Å². The lowest BCUT2D eigenvalue weighted by Gasteiger charge is -2.33. The van der Waals surface area contributed by atoms with Gasteiger partial charge in [-0.2, -0.15) is 0 Å². The van der Waals surface area contributed by atoms with Gasteiger partial charge in [0, 0.05) is 37.4 Å². The van der Waals surface area contributed by atoms with E-state index in [9.17, 15) is 4.79 Å². The first kappa shape index (κ1) is 21.6. The Hall–Kier alpha value is -3.25. The van der Waals surface area contributed by atoms with Gasteiger partial charge in [0.1, 0.15) is 18.8 Å². The molecule has 5 rings (SSSR count). The van der Waals surface area contributed by atoms with Crippen molar-refractivity contribution in [2.24, 2.45) is 11.8 Å². The zero-order valence-corrected chi connectivity index (χ0v) is 18.8. The van der Waals surface area contributed by atoms with E-state index in [1.165, 1.54) is 11.1 Å². The summed E-state index contributed by atoms with van der Waals surface area (Å²) in [5.41, 5.74) is 4.62. The summed E-state index contributed by atoms with van der Waals surface area (Å²) in [6, 6.07) is 9.80. The fourth-order valence-electron chi connectivity index (χ4n) is 4.87. The molecule has 0 amide bonds. The zero-order chi connectivity index (χ0) is 22.5. The molecular weight excluding hydrogens is 412 g/mol. The van der Waals surface area contributed by atoms with Crippen LogP contribution in [0.15, 0.2) is 72.6 Å². The van der Waals surface area contributed by atoms with E-state index in [0.717, 1.165) is 62.5 Å². The Morgan fingerprint density at radius 3 is 2.82 bits per heavy atom. The maximum absolute atomic E-state index is 12.8. The van der Waals surface area contributed by atoms with Crippen molar-refractivity contribution in [3.8, 4) is 0 Å². The zero-order valence-electron chi connectivity index (χ0n) is 18.8. The second-order valence-corrected chi connectivity index (χ2v) is 8.83. The van der Waals surface area contributed by atoms with Crippen LogP contribution in [0, 0.1) is 11.8 Å². The molecule has 6 nitrogen and oxygen atoms in total. The van der Waals surface area contributed by atoms with Crippen molar-refractivity contribution < 1.29 is 9.53 Å². The number of benzene rings is 1. The van der Waals surface area contributed by atoms with Crippen LogP contribution in [0.4, 0.5) is 5.82 Å². The fourth-order valence-corrected chi connectivity index (χ4v) is 4.87. The van der Waals surface area contributed by atoms with Crippen LogP contribution in [-0.2, 0) is 29.0 Å². The first-order valence-electron chi connectivity index (χ1n) is 11.8. The van der Waals surface area contributed by atoms with E-state index in [-0.39, 0.29) is 11.9 Å². The Morgan fingerprint density at radius 2 is 1.97 bits per heavy atom. The number of hydrogen-bond acceptors (Lipinski definition) is 6. The standard InChI is InChI=1S/C27H30N4O2/c32-27(33-18-20-6-2-1-3-7-20)23-9-5-4-8-21(16-23)22-10-11-24-25(17-22)29-19-30-26(24)31-14-12-28-13-15-31/h1-9,16,19,22-23,28H,10-15,17-18H2. The number of carbonyl (C=O) groups is 1. The first-order valence-corrected chi connectivity index (χ1v) is 11.8. The summed E-state index contributed by atoms with van der Waals surface area (Å²) in [5.74, 6) is 0.857. The normalized spacial score (nSPS) is 22.3. The largest absolute Gasteiger partial charge is 0.460 e. The lowest BCUT2D eigenvalue weighted by atomic mass is 9.81. The molecule has 33 heavy (non-hydrogen) atoms. The van der Waals surface area contributed by atoms with E-state index in [2.05, 4.69) is 32.3 Å². The third-order valence-corrected chi connectivity index (χ3v) is 6.67. The lowest BCUT2D eigenvalue weighted by Crippen LogP contribution is -2.44. The molecule has 1 fully saturated rings. The fraction of sp³-hybridized carbons (Fsp3) is 0.370. The van der Waals surface area contributed by atoms with Crippen LogP contribution in [0.5, 0.6) is 0 Å². The number of aromatic nitrogens is 2. The van der Waals surface area contributed by atoms with E-state index in [4.69, 9.17) is 4.74 Å². The Morgan fingerprint density at radius 1 is 1.12 bits per heavy atom. The average Bonchev–Trinajstić information content (AvgIpc) is 3.14. The molecule has 2 atom stereocenters. The molecule has 2 aromatic rings. The third kappa shape index (κ3) is 5.06. The number of fused-ring (bicyclic) bond motifs is 1. The van der Waals surface area contributed by atoms with Crippen molar-refractivity contribution in [3.05, 3.63) is 89.4 Å². The van der Waals surface area contributed by atoms with Crippen LogP contribution < -0.4 is 10.2 Å². The van der Waals surface area contributed by atoms with Crippen LogP contribution in [0.25, 0.3) is 0 Å². The Bertz CT molecular complexity index is 1070. The number of ether oxygens (including phenoxy) is 1. The maximum atomic E-state index is 12.8. The number of anilines is 1. The molecule has 3 aliphatic rings. The van der Waals surface area contributed by atoms with Gasteiger partial charge >= 0.3 is 5.97 Å². The molecule has 1 N–H and O–H groups in total. The summed E-state index contributed by atoms with van der Waals surface area (Å²) < 4.78 is 5.60. The number of carbonyl (C=O) groups excluding carboxylic acids is 1. The second-order valence-electron chi connectivity index (χ2n) is 8.83. The smallest absolute Gasteiger partial charge is 0.317 e. The van der Waals surface area contributed by atoms with E-state index in [0.29, 0.717) is 12.5 Å². The second kappa shape index (κ2) is 10.1. The molecule has 2 unspecified atom stereocenters. The van der Waals surface area contributed by atoms with E-state index in [1.807, 2.05) is 48.6 Å². The number of nitrogens with one attached hydrogen (secondary N) is 1. The highest BCUT2D eigenvalue weighted by Gasteiger charge is 2.28. The molecule has 6 heteroatoms. The highest BCUT2D eigenvalue weighted by atomic mass is 16.5. The minimum Gasteiger partial charge on any atom is -0.460 e. The molecule has 170 valence electrons. The van der Waals surface area contributed by atoms with Gasteiger partial charge in [-0.3, -0.25) is 4.79 Å². The van der Waals surface area contributed by atoms with Gasteiger partial charge in [-0.05, 0) is 36.3 Å². The number of hydrogen-bond donors (Lipinski definition) is 1. The summed E-state index contributed by atoms with van der Waals surface area (Å²) in [6.45, 7) is 4.25. The van der Waals surface area contributed by atoms with Crippen LogP contribution in [-0.4, -0.2) is 42.1 Å². The van der Waals surface area contributed by atoms with Gasteiger partial charge in [0.25, 0.3) is 0 Å². The molecule has 1 aromatic carbocycles. The number of piperazine rings is 1. The summed E-state index contributed by atoms with van der Waals surface area (Å²) in [7, 11) is 0. The van der Waals surface area contributed by atoms with Crippen molar-refractivity contribution >= 4 is 11.8 Å². The lowest BCUT2D eigenvalue weighted by molar-refractivity contribution is -0.146. The molecule has 1 aliphatic heterocycles. The van der Waals surface area contributed by atoms with Gasteiger partial charge in [-0.25, -0.2) is 9.97 Å². The van der Waals surface area contributed by atoms with Gasteiger partial charge in [0.2, 0.25) is 0 Å². The summed E-state index contributed by atoms with van der Waals surface area (Å²) in [6.07, 6.45) is 14.7. The van der Waals surface area contributed by atoms with Crippen molar-refractivity contribution in [1.29, 1.82) is 0 Å². The Kier molecular flexibility index (Phi) is 6.63. The monoisotopic (exact) mass is 442 g/mol. The summed E-state index contributed by atoms with van der Waals surface area (Å²) in [4.78, 5) is 24.5. The molecule has 1 aromatic heterocycles.